The van der Waals surface area contributed by atoms with Gasteiger partial charge in [0.25, 0.3) is 0 Å². The van der Waals surface area contributed by atoms with Gasteiger partial charge in [-0.2, -0.15) is 22.3 Å². The molecule has 0 spiro atoms. The second-order valence-corrected chi connectivity index (χ2v) is 78.7. The van der Waals surface area contributed by atoms with Crippen LogP contribution >= 0.6 is 0 Å². The van der Waals surface area contributed by atoms with Gasteiger partial charge in [0.05, 0.1) is 72.7 Å². The van der Waals surface area contributed by atoms with Crippen molar-refractivity contribution in [1.82, 2.24) is 0 Å². The normalized spacial score (nSPS) is 13.6. The molecule has 0 atom stereocenters. The molecule has 68 heavy (non-hydrogen) atoms. The first kappa shape index (κ1) is 68.8. The van der Waals surface area contributed by atoms with Crippen LogP contribution in [0.1, 0.15) is 22.3 Å². The van der Waals surface area contributed by atoms with Crippen molar-refractivity contribution < 1.29 is 58.9 Å². The molecule has 0 nitrogen and oxygen atoms in total. The van der Waals surface area contributed by atoms with E-state index in [1.54, 1.807) is 63.0 Å². The largest absolute Gasteiger partial charge is 4.00 e. The molecule has 380 valence electrons. The van der Waals surface area contributed by atoms with Crippen LogP contribution in [-0.4, -0.2) is 80.7 Å². The molecule has 0 aliphatic carbocycles. The van der Waals surface area contributed by atoms with Crippen LogP contribution in [0.4, 0.5) is 0 Å². The van der Waals surface area contributed by atoms with Gasteiger partial charge in [-0.05, 0) is 0 Å². The van der Waals surface area contributed by atoms with E-state index in [-0.39, 0.29) is 58.9 Å². The van der Waals surface area contributed by atoms with Crippen LogP contribution in [0, 0.1) is 27.7 Å². The smallest absolute Gasteiger partial charge is 1.00 e. The van der Waals surface area contributed by atoms with Gasteiger partial charge in [0.1, 0.15) is 8.07 Å². The van der Waals surface area contributed by atoms with Gasteiger partial charge < -0.3 is 37.2 Å². The average molecular weight is 1180 g/mol. The monoisotopic (exact) mass is 1180 g/mol. The van der Waals surface area contributed by atoms with E-state index >= 15 is 0 Å². The van der Waals surface area contributed by atoms with Gasteiger partial charge in [0.2, 0.25) is 0 Å². The maximum Gasteiger partial charge on any atom is 4.00 e. The average Bonchev–Trinajstić information content (AvgIpc) is 3.25. The second kappa shape index (κ2) is 21.8. The van der Waals surface area contributed by atoms with Crippen molar-refractivity contribution in [2.24, 2.45) is 0 Å². The van der Waals surface area contributed by atoms with Crippen molar-refractivity contribution in [3.05, 3.63) is 58.7 Å². The Balaban J connectivity index is 0.0000112. The quantitative estimate of drug-likeness (QED) is 0.100. The molecule has 0 unspecified atom stereocenters. The molecule has 4 aromatic carbocycles. The van der Waals surface area contributed by atoms with E-state index in [9.17, 15) is 0 Å². The number of benzene rings is 3. The van der Waals surface area contributed by atoms with Crippen LogP contribution in [0.15, 0.2) is 36.4 Å². The zero-order chi connectivity index (χ0) is 50.1. The summed E-state index contributed by atoms with van der Waals surface area (Å²) in [7, 11) is -19.6. The molecule has 0 bridgehead atoms. The van der Waals surface area contributed by atoms with Gasteiger partial charge >= 0.3 is 21.7 Å². The Kier molecular flexibility index (Phi) is 22.0. The van der Waals surface area contributed by atoms with Crippen LogP contribution in [0.25, 0.3) is 0 Å². The van der Waals surface area contributed by atoms with Gasteiger partial charge in [0.15, 0.2) is 0 Å². The zero-order valence-electron chi connectivity index (χ0n) is 49.6. The molecule has 0 fully saturated rings. The molecule has 0 aromatic heterocycles. The molecule has 0 aliphatic rings. The van der Waals surface area contributed by atoms with Crippen LogP contribution in [0.3, 0.4) is 0 Å². The van der Waals surface area contributed by atoms with E-state index in [0.717, 1.165) is 0 Å². The molecule has 4 aromatic rings. The third-order valence-electron chi connectivity index (χ3n) is 14.6. The van der Waals surface area contributed by atoms with Crippen LogP contribution in [-0.2, 0) is 21.7 Å². The van der Waals surface area contributed by atoms with Gasteiger partial charge in [-0.3, -0.25) is 0 Å². The van der Waals surface area contributed by atoms with Crippen molar-refractivity contribution in [2.75, 3.05) is 0 Å². The van der Waals surface area contributed by atoms with Crippen LogP contribution in [0.2, 0.25) is 177 Å². The van der Waals surface area contributed by atoms with E-state index in [2.05, 4.69) is 241 Å². The van der Waals surface area contributed by atoms with E-state index in [1.165, 1.54) is 11.1 Å². The Labute approximate surface area is 465 Å². The van der Waals surface area contributed by atoms with Gasteiger partial charge in [-0.15, -0.1) is 5.19 Å². The minimum Gasteiger partial charge on any atom is -1.00 e. The van der Waals surface area contributed by atoms with E-state index < -0.39 is 80.7 Å². The number of halogens is 3. The van der Waals surface area contributed by atoms with E-state index in [1.807, 2.05) is 15.6 Å². The minimum atomic E-state index is -3.13. The molecule has 14 heteroatoms. The number of rotatable bonds is 13. The Bertz CT molecular complexity index is 2090. The minimum absolute atomic E-state index is 0. The van der Waals surface area contributed by atoms with Crippen molar-refractivity contribution in [2.45, 2.75) is 204 Å². The fraction of sp³-hybridized carbons (Fsp3) is 0.574. The molecule has 0 amide bonds. The summed E-state index contributed by atoms with van der Waals surface area (Å²) >= 11 is 0. The molecule has 0 radical (unpaired) electrons. The third-order valence-corrected chi connectivity index (χ3v) is 39.3. The Morgan fingerprint density at radius 2 is 0.412 bits per heavy atom. The van der Waals surface area contributed by atoms with Crippen molar-refractivity contribution >= 4 is 148 Å². The molecule has 0 saturated carbocycles. The maximum absolute atomic E-state index is 3.13. The Morgan fingerprint density at radius 1 is 0.265 bits per heavy atom. The molecule has 0 heterocycles. The summed E-state index contributed by atoms with van der Waals surface area (Å²) < 4.78 is 0. The summed E-state index contributed by atoms with van der Waals surface area (Å²) in [5.74, 6) is 0. The standard InChI is InChI=1S/C54H99Si10.3ClH.Ti/c1-38-39(2)41(4)51(40(38)3)64(42-32-45(55(5,6)7)52(61(23,24)25)46(33-42)56(8,9)10,43-34-47(57(11,12)13)53(62(26,27)28)48(35-43)58(14,15)16)44-36-49(59(17,18)19)54(63(29,30)31)50(37-44)60(20,21)22;;;;/h32-37H,1-31H3;3*1H;/q-1;;;;+4/p-3. The molecule has 0 saturated heterocycles. The summed E-state index contributed by atoms with van der Waals surface area (Å²) in [4.78, 5) is 0. The van der Waals surface area contributed by atoms with Crippen molar-refractivity contribution in [3.8, 4) is 0 Å². The van der Waals surface area contributed by atoms with Crippen molar-refractivity contribution in [1.29, 1.82) is 0 Å². The zero-order valence-corrected chi connectivity index (χ0v) is 63.4. The Morgan fingerprint density at radius 3 is 0.529 bits per heavy atom. The predicted octanol–water partition coefficient (Wildman–Crippen LogP) is -0.0671. The first-order chi connectivity index (χ1) is 28.1. The fourth-order valence-electron chi connectivity index (χ4n) is 11.3. The maximum atomic E-state index is 2.95. The summed E-state index contributed by atoms with van der Waals surface area (Å²) in [5.41, 5.74) is 6.17. The molecular formula is C54H99Cl3Si10Ti. The molecule has 0 aliphatic heterocycles. The van der Waals surface area contributed by atoms with Gasteiger partial charge in [-0.1, -0.05) is 303 Å². The predicted molar refractivity (Wildman–Crippen MR) is 331 cm³/mol. The number of hydrogen-bond donors (Lipinski definition) is 0. The topological polar surface area (TPSA) is 0 Å². The second-order valence-electron chi connectivity index (χ2n) is 29.7. The third kappa shape index (κ3) is 13.4. The first-order valence-corrected chi connectivity index (χ1v) is 58.5. The van der Waals surface area contributed by atoms with Gasteiger partial charge in [0, 0.05) is 0 Å². The van der Waals surface area contributed by atoms with Crippen LogP contribution in [0.5, 0.6) is 0 Å². The molecular weight excluding hydrogens is 1080 g/mol. The van der Waals surface area contributed by atoms with Gasteiger partial charge in [-0.25, -0.2) is 0 Å². The molecule has 4 rings (SSSR count). The fourth-order valence-corrected chi connectivity index (χ4v) is 45.7. The number of hydrogen-bond acceptors (Lipinski definition) is 0. The summed E-state index contributed by atoms with van der Waals surface area (Å²) in [6, 6.07) is 17.7. The van der Waals surface area contributed by atoms with Crippen LogP contribution < -0.4 is 105 Å². The van der Waals surface area contributed by atoms with E-state index in [0.29, 0.717) is 0 Å². The Hall–Kier alpha value is 0.763. The summed E-state index contributed by atoms with van der Waals surface area (Å²) in [5, 5.41) is 22.9. The van der Waals surface area contributed by atoms with Crippen molar-refractivity contribution in [3.63, 3.8) is 0 Å². The SMILES string of the molecule is Cc1c(C)c(C)[c-]([Si](c2cc([Si](C)(C)C)c([Si](C)(C)C)c([Si](C)(C)C)c2)(c2cc([Si](C)(C)C)c([Si](C)(C)C)c([Si](C)(C)C)c2)c2cc([Si](C)(C)C)c([Si](C)(C)C)c([Si](C)(C)C)c2)c1C.[Cl-].[Cl-].[Cl-].[Ti+4]. The first-order valence-electron chi connectivity index (χ1n) is 25.0. The van der Waals surface area contributed by atoms with E-state index in [4.69, 9.17) is 0 Å². The summed E-state index contributed by atoms with van der Waals surface area (Å²) in [6.07, 6.45) is 0. The summed E-state index contributed by atoms with van der Waals surface area (Å²) in [6.45, 7) is 82.0. The molecule has 0 N–H and O–H groups in total.